The molecule has 16 heavy (non-hydrogen) atoms. The number of likely N-dealkylation sites (tertiary alicyclic amines) is 1. The van der Waals surface area contributed by atoms with Gasteiger partial charge in [-0.3, -0.25) is 4.90 Å². The van der Waals surface area contributed by atoms with Crippen LogP contribution in [0.1, 0.15) is 40.5 Å². The lowest BCUT2D eigenvalue weighted by molar-refractivity contribution is 0.0553. The predicted octanol–water partition coefficient (Wildman–Crippen LogP) is 1.87. The van der Waals surface area contributed by atoms with Gasteiger partial charge >= 0.3 is 0 Å². The topological polar surface area (TPSA) is 24.5 Å². The number of ether oxygens (including phenoxy) is 1. The summed E-state index contributed by atoms with van der Waals surface area (Å²) in [5, 5.41) is 3.64. The standard InChI is InChI=1S/C13H28N2O/c1-5-16-10-12(4)15-8-6-7-13(9-15)14-11(2)3/h11-14H,5-10H2,1-4H3. The first-order valence-electron chi connectivity index (χ1n) is 6.71. The molecule has 2 unspecified atom stereocenters. The van der Waals surface area contributed by atoms with E-state index in [4.69, 9.17) is 4.74 Å². The van der Waals surface area contributed by atoms with E-state index in [-0.39, 0.29) is 0 Å². The summed E-state index contributed by atoms with van der Waals surface area (Å²) in [7, 11) is 0. The zero-order valence-corrected chi connectivity index (χ0v) is 11.3. The lowest BCUT2D eigenvalue weighted by atomic mass is 10.0. The predicted molar refractivity (Wildman–Crippen MR) is 68.8 cm³/mol. The maximum atomic E-state index is 5.50. The number of hydrogen-bond donors (Lipinski definition) is 1. The fraction of sp³-hybridized carbons (Fsp3) is 1.00. The van der Waals surface area contributed by atoms with Crippen LogP contribution in [0.4, 0.5) is 0 Å². The summed E-state index contributed by atoms with van der Waals surface area (Å²) in [4.78, 5) is 2.55. The van der Waals surface area contributed by atoms with Crippen molar-refractivity contribution in [2.45, 2.75) is 58.7 Å². The minimum absolute atomic E-state index is 0.553. The van der Waals surface area contributed by atoms with Crippen LogP contribution in [0.3, 0.4) is 0 Å². The number of piperidine rings is 1. The van der Waals surface area contributed by atoms with Crippen molar-refractivity contribution in [1.82, 2.24) is 10.2 Å². The zero-order chi connectivity index (χ0) is 12.0. The first kappa shape index (κ1) is 13.9. The van der Waals surface area contributed by atoms with Gasteiger partial charge in [-0.05, 0) is 33.2 Å². The second kappa shape index (κ2) is 7.25. The highest BCUT2D eigenvalue weighted by atomic mass is 16.5. The van der Waals surface area contributed by atoms with E-state index in [1.54, 1.807) is 0 Å². The van der Waals surface area contributed by atoms with E-state index in [9.17, 15) is 0 Å². The maximum Gasteiger partial charge on any atom is 0.0619 e. The van der Waals surface area contributed by atoms with Crippen molar-refractivity contribution in [1.29, 1.82) is 0 Å². The van der Waals surface area contributed by atoms with Crippen molar-refractivity contribution in [2.24, 2.45) is 0 Å². The molecule has 0 radical (unpaired) electrons. The van der Waals surface area contributed by atoms with Gasteiger partial charge in [-0.1, -0.05) is 13.8 Å². The molecule has 0 aromatic rings. The molecule has 0 bridgehead atoms. The zero-order valence-electron chi connectivity index (χ0n) is 11.3. The van der Waals surface area contributed by atoms with Gasteiger partial charge in [0.1, 0.15) is 0 Å². The van der Waals surface area contributed by atoms with E-state index in [0.29, 0.717) is 18.1 Å². The van der Waals surface area contributed by atoms with Crippen LogP contribution in [0.2, 0.25) is 0 Å². The molecule has 0 spiro atoms. The van der Waals surface area contributed by atoms with E-state index in [1.165, 1.54) is 25.9 Å². The summed E-state index contributed by atoms with van der Waals surface area (Å²) in [6.07, 6.45) is 2.62. The Morgan fingerprint density at radius 2 is 2.12 bits per heavy atom. The highest BCUT2D eigenvalue weighted by Gasteiger charge is 2.23. The maximum absolute atomic E-state index is 5.50. The van der Waals surface area contributed by atoms with Crippen LogP contribution in [0.15, 0.2) is 0 Å². The Balaban J connectivity index is 2.31. The number of hydrogen-bond acceptors (Lipinski definition) is 3. The molecule has 1 aliphatic rings. The first-order valence-corrected chi connectivity index (χ1v) is 6.71. The van der Waals surface area contributed by atoms with Crippen LogP contribution in [-0.4, -0.2) is 49.3 Å². The van der Waals surface area contributed by atoms with Gasteiger partial charge in [-0.2, -0.15) is 0 Å². The molecule has 3 nitrogen and oxygen atoms in total. The smallest absolute Gasteiger partial charge is 0.0619 e. The Morgan fingerprint density at radius 1 is 1.38 bits per heavy atom. The molecule has 1 rings (SSSR count). The van der Waals surface area contributed by atoms with E-state index < -0.39 is 0 Å². The summed E-state index contributed by atoms with van der Waals surface area (Å²) < 4.78 is 5.50. The summed E-state index contributed by atoms with van der Waals surface area (Å²) >= 11 is 0. The molecule has 96 valence electrons. The monoisotopic (exact) mass is 228 g/mol. The third kappa shape index (κ3) is 4.81. The van der Waals surface area contributed by atoms with Gasteiger partial charge in [-0.25, -0.2) is 0 Å². The lowest BCUT2D eigenvalue weighted by Gasteiger charge is -2.37. The van der Waals surface area contributed by atoms with Crippen molar-refractivity contribution >= 4 is 0 Å². The molecule has 0 aromatic heterocycles. The number of nitrogens with one attached hydrogen (secondary N) is 1. The van der Waals surface area contributed by atoms with Gasteiger partial charge < -0.3 is 10.1 Å². The number of nitrogens with zero attached hydrogens (tertiary/aromatic N) is 1. The molecular formula is C13H28N2O. The molecule has 1 aliphatic heterocycles. The van der Waals surface area contributed by atoms with Gasteiger partial charge in [0.25, 0.3) is 0 Å². The summed E-state index contributed by atoms with van der Waals surface area (Å²) in [5.74, 6) is 0. The molecule has 2 atom stereocenters. The van der Waals surface area contributed by atoms with Crippen LogP contribution >= 0.6 is 0 Å². The first-order chi connectivity index (χ1) is 7.63. The van der Waals surface area contributed by atoms with Crippen LogP contribution in [0.25, 0.3) is 0 Å². The summed E-state index contributed by atoms with van der Waals surface area (Å²) in [5.41, 5.74) is 0. The van der Waals surface area contributed by atoms with Crippen molar-refractivity contribution in [3.8, 4) is 0 Å². The fourth-order valence-corrected chi connectivity index (χ4v) is 2.41. The van der Waals surface area contributed by atoms with Gasteiger partial charge in [0.05, 0.1) is 6.61 Å². The Bertz CT molecular complexity index is 185. The SMILES string of the molecule is CCOCC(C)N1CCCC(NC(C)C)C1. The average molecular weight is 228 g/mol. The van der Waals surface area contributed by atoms with Crippen molar-refractivity contribution in [3.63, 3.8) is 0 Å². The largest absolute Gasteiger partial charge is 0.380 e. The van der Waals surface area contributed by atoms with Crippen molar-refractivity contribution < 1.29 is 4.74 Å². The second-order valence-corrected chi connectivity index (χ2v) is 5.16. The average Bonchev–Trinajstić information content (AvgIpc) is 2.25. The second-order valence-electron chi connectivity index (χ2n) is 5.16. The van der Waals surface area contributed by atoms with E-state index in [1.807, 2.05) is 0 Å². The highest BCUT2D eigenvalue weighted by Crippen LogP contribution is 2.13. The summed E-state index contributed by atoms with van der Waals surface area (Å²) in [6, 6.07) is 1.81. The molecular weight excluding hydrogens is 200 g/mol. The Hall–Kier alpha value is -0.120. The minimum Gasteiger partial charge on any atom is -0.380 e. The van der Waals surface area contributed by atoms with E-state index in [2.05, 4.69) is 37.9 Å². The van der Waals surface area contributed by atoms with Crippen LogP contribution in [0, 0.1) is 0 Å². The number of rotatable bonds is 6. The van der Waals surface area contributed by atoms with Crippen LogP contribution in [-0.2, 0) is 4.74 Å². The Kier molecular flexibility index (Phi) is 6.32. The van der Waals surface area contributed by atoms with Gasteiger partial charge in [0, 0.05) is 31.3 Å². The van der Waals surface area contributed by atoms with Gasteiger partial charge in [0.2, 0.25) is 0 Å². The molecule has 1 saturated heterocycles. The van der Waals surface area contributed by atoms with Crippen LogP contribution < -0.4 is 5.32 Å². The molecule has 0 amide bonds. The van der Waals surface area contributed by atoms with Gasteiger partial charge in [-0.15, -0.1) is 0 Å². The Labute approximate surface area is 101 Å². The van der Waals surface area contributed by atoms with E-state index in [0.717, 1.165) is 13.2 Å². The summed E-state index contributed by atoms with van der Waals surface area (Å²) in [6.45, 7) is 12.9. The Morgan fingerprint density at radius 3 is 2.75 bits per heavy atom. The quantitative estimate of drug-likeness (QED) is 0.751. The molecule has 1 N–H and O–H groups in total. The van der Waals surface area contributed by atoms with Crippen LogP contribution in [0.5, 0.6) is 0 Å². The van der Waals surface area contributed by atoms with E-state index >= 15 is 0 Å². The third-order valence-electron chi connectivity index (χ3n) is 3.21. The molecule has 0 aliphatic carbocycles. The molecule has 3 heteroatoms. The lowest BCUT2D eigenvalue weighted by Crippen LogP contribution is -2.51. The molecule has 1 fully saturated rings. The molecule has 0 aromatic carbocycles. The highest BCUT2D eigenvalue weighted by molar-refractivity contribution is 4.82. The molecule has 0 saturated carbocycles. The van der Waals surface area contributed by atoms with Crippen molar-refractivity contribution in [3.05, 3.63) is 0 Å². The molecule has 1 heterocycles. The van der Waals surface area contributed by atoms with Crippen molar-refractivity contribution in [2.75, 3.05) is 26.3 Å². The minimum atomic E-state index is 0.553. The fourth-order valence-electron chi connectivity index (χ4n) is 2.41. The van der Waals surface area contributed by atoms with Gasteiger partial charge in [0.15, 0.2) is 0 Å². The third-order valence-corrected chi connectivity index (χ3v) is 3.21. The normalized spacial score (nSPS) is 24.9.